The Morgan fingerprint density at radius 1 is 1.45 bits per heavy atom. The zero-order valence-corrected chi connectivity index (χ0v) is 11.7. The molecule has 0 radical (unpaired) electrons. The molecule has 106 valence electrons. The molecular weight excluding hydrogens is 281 g/mol. The van der Waals surface area contributed by atoms with Crippen molar-refractivity contribution in [2.24, 2.45) is 0 Å². The topological polar surface area (TPSA) is 59.3 Å². The van der Waals surface area contributed by atoms with Gasteiger partial charge in [0.05, 0.1) is 4.88 Å². The molecule has 0 saturated heterocycles. The van der Waals surface area contributed by atoms with Crippen LogP contribution in [0.5, 0.6) is 0 Å². The van der Waals surface area contributed by atoms with E-state index in [0.29, 0.717) is 18.5 Å². The van der Waals surface area contributed by atoms with Crippen LogP contribution < -0.4 is 4.87 Å². The Kier molecular flexibility index (Phi) is 4.34. The van der Waals surface area contributed by atoms with Gasteiger partial charge in [0.15, 0.2) is 0 Å². The number of aliphatic carboxylic acids is 1. The van der Waals surface area contributed by atoms with Gasteiger partial charge >= 0.3 is 10.8 Å². The van der Waals surface area contributed by atoms with Crippen LogP contribution in [0, 0.1) is 12.7 Å². The number of hydrogen-bond acceptors (Lipinski definition) is 3. The molecule has 0 aliphatic heterocycles. The van der Waals surface area contributed by atoms with Crippen LogP contribution in [0.15, 0.2) is 29.1 Å². The fourth-order valence-corrected chi connectivity index (χ4v) is 3.04. The summed E-state index contributed by atoms with van der Waals surface area (Å²) in [6, 6.07) is 6.09. The minimum absolute atomic E-state index is 0.0248. The second kappa shape index (κ2) is 6.00. The third-order valence-electron chi connectivity index (χ3n) is 3.00. The average molecular weight is 295 g/mol. The Hall–Kier alpha value is -1.95. The maximum absolute atomic E-state index is 13.2. The highest BCUT2D eigenvalue weighted by Gasteiger charge is 2.13. The maximum Gasteiger partial charge on any atom is 0.307 e. The van der Waals surface area contributed by atoms with Crippen LogP contribution in [0.1, 0.15) is 18.5 Å². The monoisotopic (exact) mass is 295 g/mol. The summed E-state index contributed by atoms with van der Waals surface area (Å²) in [7, 11) is 0. The summed E-state index contributed by atoms with van der Waals surface area (Å²) in [5, 5.41) is 8.62. The van der Waals surface area contributed by atoms with Crippen molar-refractivity contribution in [2.45, 2.75) is 26.3 Å². The van der Waals surface area contributed by atoms with E-state index in [1.807, 2.05) is 0 Å². The lowest BCUT2D eigenvalue weighted by atomic mass is 10.1. The highest BCUT2D eigenvalue weighted by Crippen LogP contribution is 2.27. The van der Waals surface area contributed by atoms with E-state index in [2.05, 4.69) is 0 Å². The van der Waals surface area contributed by atoms with Crippen LogP contribution in [0.4, 0.5) is 4.39 Å². The molecule has 4 nitrogen and oxygen atoms in total. The SMILES string of the molecule is Cc1c(-c2cccc(F)c2)sc(=O)n1CCCC(=O)O. The number of aromatic nitrogens is 1. The molecule has 0 aliphatic rings. The van der Waals surface area contributed by atoms with Gasteiger partial charge in [-0.15, -0.1) is 0 Å². The van der Waals surface area contributed by atoms with Gasteiger partial charge < -0.3 is 9.67 Å². The molecule has 0 bridgehead atoms. The van der Waals surface area contributed by atoms with Gasteiger partial charge in [0.1, 0.15) is 5.82 Å². The summed E-state index contributed by atoms with van der Waals surface area (Å²) in [5.74, 6) is -1.23. The van der Waals surface area contributed by atoms with E-state index in [9.17, 15) is 14.0 Å². The molecule has 2 rings (SSSR count). The summed E-state index contributed by atoms with van der Waals surface area (Å²) in [6.45, 7) is 2.15. The molecule has 0 saturated carbocycles. The molecule has 1 N–H and O–H groups in total. The lowest BCUT2D eigenvalue weighted by Gasteiger charge is -2.05. The van der Waals surface area contributed by atoms with E-state index >= 15 is 0 Å². The van der Waals surface area contributed by atoms with Crippen LogP contribution >= 0.6 is 11.3 Å². The second-order valence-electron chi connectivity index (χ2n) is 4.44. The highest BCUT2D eigenvalue weighted by atomic mass is 32.1. The standard InChI is InChI=1S/C14H14FNO3S/c1-9-13(10-4-2-5-11(15)8-10)20-14(19)16(9)7-3-6-12(17)18/h2,4-5,8H,3,6-7H2,1H3,(H,17,18). The summed E-state index contributed by atoms with van der Waals surface area (Å²) in [4.78, 5) is 23.0. The predicted octanol–water partition coefficient (Wildman–Crippen LogP) is 2.89. The molecule has 6 heteroatoms. The van der Waals surface area contributed by atoms with Gasteiger partial charge in [-0.1, -0.05) is 23.5 Å². The van der Waals surface area contributed by atoms with Crippen LogP contribution in [-0.2, 0) is 11.3 Å². The van der Waals surface area contributed by atoms with E-state index in [1.165, 1.54) is 12.1 Å². The number of halogens is 1. The van der Waals surface area contributed by atoms with Crippen molar-refractivity contribution in [2.75, 3.05) is 0 Å². The van der Waals surface area contributed by atoms with Gasteiger partial charge in [-0.3, -0.25) is 9.59 Å². The molecule has 0 aliphatic carbocycles. The average Bonchev–Trinajstić information content (AvgIpc) is 2.66. The Labute approximate surface area is 119 Å². The molecule has 0 unspecified atom stereocenters. The first-order chi connectivity index (χ1) is 9.49. The molecule has 0 spiro atoms. The third-order valence-corrected chi connectivity index (χ3v) is 4.13. The highest BCUT2D eigenvalue weighted by molar-refractivity contribution is 7.13. The van der Waals surface area contributed by atoms with Crippen molar-refractivity contribution in [1.82, 2.24) is 4.57 Å². The molecule has 0 fully saturated rings. The molecule has 1 aromatic heterocycles. The number of carbonyl (C=O) groups is 1. The van der Waals surface area contributed by atoms with Crippen LogP contribution in [0.2, 0.25) is 0 Å². The van der Waals surface area contributed by atoms with Crippen LogP contribution in [0.25, 0.3) is 10.4 Å². The minimum Gasteiger partial charge on any atom is -0.481 e. The number of carboxylic acids is 1. The van der Waals surface area contributed by atoms with E-state index in [4.69, 9.17) is 5.11 Å². The lowest BCUT2D eigenvalue weighted by Crippen LogP contribution is -2.15. The molecule has 20 heavy (non-hydrogen) atoms. The Balaban J connectivity index is 2.29. The van der Waals surface area contributed by atoms with Gasteiger partial charge in [0, 0.05) is 18.7 Å². The van der Waals surface area contributed by atoms with Gasteiger partial charge in [0.2, 0.25) is 0 Å². The predicted molar refractivity (Wildman–Crippen MR) is 75.6 cm³/mol. The van der Waals surface area contributed by atoms with E-state index in [1.54, 1.807) is 23.6 Å². The molecule has 0 amide bonds. The van der Waals surface area contributed by atoms with Gasteiger partial charge in [0.25, 0.3) is 0 Å². The van der Waals surface area contributed by atoms with Crippen molar-refractivity contribution >= 4 is 17.3 Å². The van der Waals surface area contributed by atoms with Crippen molar-refractivity contribution in [3.63, 3.8) is 0 Å². The summed E-state index contributed by atoms with van der Waals surface area (Å²) >= 11 is 1.05. The van der Waals surface area contributed by atoms with Gasteiger partial charge in [-0.25, -0.2) is 4.39 Å². The summed E-state index contributed by atoms with van der Waals surface area (Å²) in [5.41, 5.74) is 1.41. The zero-order chi connectivity index (χ0) is 14.7. The van der Waals surface area contributed by atoms with E-state index < -0.39 is 5.97 Å². The largest absolute Gasteiger partial charge is 0.481 e. The first-order valence-electron chi connectivity index (χ1n) is 6.17. The smallest absolute Gasteiger partial charge is 0.307 e. The quantitative estimate of drug-likeness (QED) is 0.922. The second-order valence-corrected chi connectivity index (χ2v) is 5.40. The van der Waals surface area contributed by atoms with Crippen molar-refractivity contribution in [3.8, 4) is 10.4 Å². The first kappa shape index (κ1) is 14.5. The maximum atomic E-state index is 13.2. The lowest BCUT2D eigenvalue weighted by molar-refractivity contribution is -0.137. The molecule has 1 aromatic carbocycles. The Bertz CT molecular complexity index is 690. The number of carboxylic acid groups (broad SMARTS) is 1. The van der Waals surface area contributed by atoms with Crippen molar-refractivity contribution < 1.29 is 14.3 Å². The van der Waals surface area contributed by atoms with E-state index in [-0.39, 0.29) is 17.1 Å². The molecular formula is C14H14FNO3S. The number of rotatable bonds is 5. The fourth-order valence-electron chi connectivity index (χ4n) is 2.02. The number of benzene rings is 1. The zero-order valence-electron chi connectivity index (χ0n) is 10.9. The third kappa shape index (κ3) is 3.14. The molecule has 1 heterocycles. The number of nitrogens with zero attached hydrogens (tertiary/aromatic N) is 1. The number of thiazole rings is 1. The van der Waals surface area contributed by atoms with Gasteiger partial charge in [-0.2, -0.15) is 0 Å². The summed E-state index contributed by atoms with van der Waals surface area (Å²) in [6.07, 6.45) is 0.423. The van der Waals surface area contributed by atoms with Crippen molar-refractivity contribution in [3.05, 3.63) is 45.4 Å². The first-order valence-corrected chi connectivity index (χ1v) is 6.98. The van der Waals surface area contributed by atoms with Crippen LogP contribution in [0.3, 0.4) is 0 Å². The summed E-state index contributed by atoms with van der Waals surface area (Å²) < 4.78 is 14.8. The molecule has 2 aromatic rings. The van der Waals surface area contributed by atoms with Crippen LogP contribution in [-0.4, -0.2) is 15.6 Å². The van der Waals surface area contributed by atoms with E-state index in [0.717, 1.165) is 21.9 Å². The fraction of sp³-hybridized carbons (Fsp3) is 0.286. The Morgan fingerprint density at radius 2 is 2.20 bits per heavy atom. The van der Waals surface area contributed by atoms with Crippen molar-refractivity contribution in [1.29, 1.82) is 0 Å². The normalized spacial score (nSPS) is 10.7. The Morgan fingerprint density at radius 3 is 2.85 bits per heavy atom. The van der Waals surface area contributed by atoms with Gasteiger partial charge in [-0.05, 0) is 31.0 Å². The molecule has 0 atom stereocenters. The number of hydrogen-bond donors (Lipinski definition) is 1. The minimum atomic E-state index is -0.878.